The molecule has 1 aliphatic rings. The summed E-state index contributed by atoms with van der Waals surface area (Å²) in [7, 11) is 0. The molecule has 2 heteroatoms. The number of rotatable bonds is 33. The van der Waals surface area contributed by atoms with E-state index >= 15 is 0 Å². The third-order valence-electron chi connectivity index (χ3n) is 9.62. The quantitative estimate of drug-likeness (QED) is 0.0719. The molecule has 41 heavy (non-hydrogen) atoms. The predicted molar refractivity (Wildman–Crippen MR) is 186 cm³/mol. The first-order chi connectivity index (χ1) is 20.3. The third kappa shape index (κ3) is 23.5. The van der Waals surface area contributed by atoms with E-state index in [1.807, 2.05) is 0 Å². The Hall–Kier alpha value is -0.660. The highest BCUT2D eigenvalue weighted by atomic mass is 15.4. The lowest BCUT2D eigenvalue weighted by Gasteiger charge is -2.32. The maximum absolute atomic E-state index is 2.63. The van der Waals surface area contributed by atoms with Gasteiger partial charge in [0.15, 0.2) is 0 Å². The van der Waals surface area contributed by atoms with Crippen LogP contribution in [0.3, 0.4) is 0 Å². The van der Waals surface area contributed by atoms with Crippen molar-refractivity contribution in [1.29, 1.82) is 0 Å². The molecule has 0 saturated carbocycles. The Morgan fingerprint density at radius 1 is 0.317 bits per heavy atom. The second-order valence-corrected chi connectivity index (χ2v) is 13.6. The highest BCUT2D eigenvalue weighted by Crippen LogP contribution is 2.21. The molecule has 0 N–H and O–H groups in total. The molecule has 0 spiro atoms. The van der Waals surface area contributed by atoms with Crippen LogP contribution in [-0.2, 0) is 0 Å². The summed E-state index contributed by atoms with van der Waals surface area (Å²) in [5.41, 5.74) is 0. The van der Waals surface area contributed by atoms with Gasteiger partial charge < -0.3 is 9.80 Å². The van der Waals surface area contributed by atoms with E-state index in [0.717, 1.165) is 0 Å². The summed E-state index contributed by atoms with van der Waals surface area (Å²) in [6.45, 7) is 9.49. The number of hydrogen-bond acceptors (Lipinski definition) is 2. The highest BCUT2D eigenvalue weighted by molar-refractivity contribution is 4.96. The van der Waals surface area contributed by atoms with Crippen LogP contribution in [-0.4, -0.2) is 29.1 Å². The molecule has 0 aromatic carbocycles. The van der Waals surface area contributed by atoms with Crippen LogP contribution in [0.4, 0.5) is 0 Å². The fraction of sp³-hybridized carbons (Fsp3) is 0.949. The summed E-state index contributed by atoms with van der Waals surface area (Å²) in [4.78, 5) is 5.26. The van der Waals surface area contributed by atoms with Crippen molar-refractivity contribution in [3.63, 3.8) is 0 Å². The van der Waals surface area contributed by atoms with Crippen LogP contribution in [0.15, 0.2) is 12.4 Å². The molecule has 0 amide bonds. The molecule has 0 bridgehead atoms. The van der Waals surface area contributed by atoms with Crippen molar-refractivity contribution in [3.8, 4) is 0 Å². The Morgan fingerprint density at radius 3 is 0.756 bits per heavy atom. The standard InChI is InChI=1S/C39H78N2/c1-4-7-9-11-13-15-17-19-21-22-24-26-28-30-32-34-36-41-38-37-40(39(41)6-3)35-33-31-29-27-25-23-20-18-16-14-12-10-8-5-2/h37-39H,4-36H2,1-3H3. The first kappa shape index (κ1) is 38.4. The summed E-state index contributed by atoms with van der Waals surface area (Å²) in [6.07, 6.45) is 50.1. The van der Waals surface area contributed by atoms with Gasteiger partial charge in [-0.05, 0) is 19.3 Å². The van der Waals surface area contributed by atoms with Crippen molar-refractivity contribution >= 4 is 0 Å². The van der Waals surface area contributed by atoms with Crippen molar-refractivity contribution in [2.24, 2.45) is 0 Å². The molecule has 0 aromatic rings. The Labute approximate surface area is 260 Å². The van der Waals surface area contributed by atoms with Gasteiger partial charge in [-0.3, -0.25) is 0 Å². The lowest BCUT2D eigenvalue weighted by molar-refractivity contribution is 0.144. The average molecular weight is 575 g/mol. The van der Waals surface area contributed by atoms with Crippen molar-refractivity contribution < 1.29 is 0 Å². The maximum Gasteiger partial charge on any atom is 0.100 e. The Morgan fingerprint density at radius 2 is 0.537 bits per heavy atom. The molecule has 0 aromatic heterocycles. The molecule has 0 saturated heterocycles. The second-order valence-electron chi connectivity index (χ2n) is 13.6. The van der Waals surface area contributed by atoms with Gasteiger partial charge in [-0.25, -0.2) is 0 Å². The molecule has 1 atom stereocenters. The first-order valence-electron chi connectivity index (χ1n) is 19.5. The van der Waals surface area contributed by atoms with Crippen LogP contribution in [0.25, 0.3) is 0 Å². The molecule has 1 rings (SSSR count). The zero-order chi connectivity index (χ0) is 29.5. The van der Waals surface area contributed by atoms with E-state index in [2.05, 4.69) is 43.0 Å². The molecule has 1 aliphatic heterocycles. The number of nitrogens with zero attached hydrogens (tertiary/aromatic N) is 2. The van der Waals surface area contributed by atoms with E-state index in [9.17, 15) is 0 Å². The average Bonchev–Trinajstić information content (AvgIpc) is 3.38. The first-order valence-corrected chi connectivity index (χ1v) is 19.5. The Balaban J connectivity index is 1.87. The van der Waals surface area contributed by atoms with E-state index in [0.29, 0.717) is 6.17 Å². The number of unbranched alkanes of at least 4 members (excludes halogenated alkanes) is 28. The molecule has 1 unspecified atom stereocenters. The zero-order valence-electron chi connectivity index (χ0n) is 29.0. The minimum atomic E-state index is 0.619. The highest BCUT2D eigenvalue weighted by Gasteiger charge is 2.23. The van der Waals surface area contributed by atoms with Crippen LogP contribution >= 0.6 is 0 Å². The van der Waals surface area contributed by atoms with Crippen molar-refractivity contribution in [2.75, 3.05) is 13.1 Å². The predicted octanol–water partition coefficient (Wildman–Crippen LogP) is 13.6. The fourth-order valence-corrected chi connectivity index (χ4v) is 6.81. The molecule has 2 nitrogen and oxygen atoms in total. The summed E-state index contributed by atoms with van der Waals surface area (Å²) in [5, 5.41) is 0. The number of hydrogen-bond donors (Lipinski definition) is 0. The molecule has 0 aliphatic carbocycles. The molecule has 244 valence electrons. The van der Waals surface area contributed by atoms with Crippen LogP contribution < -0.4 is 0 Å². The largest absolute Gasteiger partial charge is 0.356 e. The van der Waals surface area contributed by atoms with E-state index < -0.39 is 0 Å². The molecule has 0 radical (unpaired) electrons. The van der Waals surface area contributed by atoms with E-state index in [1.54, 1.807) is 0 Å². The SMILES string of the molecule is CCCCCCCCCCCCCCCCCCN1C=CN(CCCCCCCCCCCCCCCC)C1CC. The molecular formula is C39H78N2. The van der Waals surface area contributed by atoms with E-state index in [-0.39, 0.29) is 0 Å². The van der Waals surface area contributed by atoms with Gasteiger partial charge in [0.2, 0.25) is 0 Å². The molecule has 0 fully saturated rings. The van der Waals surface area contributed by atoms with E-state index in [4.69, 9.17) is 0 Å². The van der Waals surface area contributed by atoms with Crippen LogP contribution in [0.5, 0.6) is 0 Å². The Bertz CT molecular complexity index is 530. The van der Waals surface area contributed by atoms with Gasteiger partial charge in [-0.1, -0.05) is 201 Å². The minimum Gasteiger partial charge on any atom is -0.356 e. The maximum atomic E-state index is 2.63. The van der Waals surface area contributed by atoms with Crippen LogP contribution in [0.1, 0.15) is 220 Å². The van der Waals surface area contributed by atoms with Gasteiger partial charge in [0.25, 0.3) is 0 Å². The summed E-state index contributed by atoms with van der Waals surface area (Å²) < 4.78 is 0. The molecule has 1 heterocycles. The summed E-state index contributed by atoms with van der Waals surface area (Å²) in [5.74, 6) is 0. The van der Waals surface area contributed by atoms with Crippen molar-refractivity contribution in [1.82, 2.24) is 9.80 Å². The lowest BCUT2D eigenvalue weighted by Crippen LogP contribution is -2.38. The molecular weight excluding hydrogens is 496 g/mol. The topological polar surface area (TPSA) is 6.48 Å². The second kappa shape index (κ2) is 30.8. The summed E-state index contributed by atoms with van der Waals surface area (Å²) >= 11 is 0. The van der Waals surface area contributed by atoms with Crippen molar-refractivity contribution in [3.05, 3.63) is 12.4 Å². The van der Waals surface area contributed by atoms with Gasteiger partial charge in [0.05, 0.1) is 0 Å². The van der Waals surface area contributed by atoms with Crippen molar-refractivity contribution in [2.45, 2.75) is 226 Å². The smallest absolute Gasteiger partial charge is 0.100 e. The van der Waals surface area contributed by atoms with Gasteiger partial charge in [-0.2, -0.15) is 0 Å². The monoisotopic (exact) mass is 575 g/mol. The zero-order valence-corrected chi connectivity index (χ0v) is 29.0. The van der Waals surface area contributed by atoms with Crippen LogP contribution in [0, 0.1) is 0 Å². The van der Waals surface area contributed by atoms with E-state index in [1.165, 1.54) is 212 Å². The third-order valence-corrected chi connectivity index (χ3v) is 9.62. The van der Waals surface area contributed by atoms with Gasteiger partial charge in [0.1, 0.15) is 6.17 Å². The minimum absolute atomic E-state index is 0.619. The van der Waals surface area contributed by atoms with Crippen LogP contribution in [0.2, 0.25) is 0 Å². The fourth-order valence-electron chi connectivity index (χ4n) is 6.81. The van der Waals surface area contributed by atoms with Gasteiger partial charge >= 0.3 is 0 Å². The Kier molecular flexibility index (Phi) is 28.8. The van der Waals surface area contributed by atoms with Gasteiger partial charge in [-0.15, -0.1) is 0 Å². The summed E-state index contributed by atoms with van der Waals surface area (Å²) in [6, 6.07) is 0. The lowest BCUT2D eigenvalue weighted by atomic mass is 10.0. The normalized spacial score (nSPS) is 15.0. The van der Waals surface area contributed by atoms with Gasteiger partial charge in [0, 0.05) is 25.5 Å².